The zero-order chi connectivity index (χ0) is 9.76. The lowest BCUT2D eigenvalue weighted by molar-refractivity contribution is -0.0524. The molecule has 4 fully saturated rings. The Morgan fingerprint density at radius 1 is 1.00 bits per heavy atom. The van der Waals surface area contributed by atoms with Crippen LogP contribution in [0.15, 0.2) is 12.0 Å². The minimum atomic E-state index is -0.0243. The van der Waals surface area contributed by atoms with E-state index in [0.717, 1.165) is 43.3 Å². The molecule has 78 valence electrons. The van der Waals surface area contributed by atoms with Gasteiger partial charge in [-0.3, -0.25) is 0 Å². The molecular formula is C12H18O2. The van der Waals surface area contributed by atoms with Crippen LogP contribution in [0.3, 0.4) is 0 Å². The van der Waals surface area contributed by atoms with Gasteiger partial charge in [-0.1, -0.05) is 0 Å². The first kappa shape index (κ1) is 8.63. The maximum absolute atomic E-state index is 9.83. The summed E-state index contributed by atoms with van der Waals surface area (Å²) >= 11 is 0. The van der Waals surface area contributed by atoms with Gasteiger partial charge in [0.15, 0.2) is 0 Å². The third-order valence-corrected chi connectivity index (χ3v) is 4.70. The predicted molar refractivity (Wildman–Crippen MR) is 53.9 cm³/mol. The summed E-state index contributed by atoms with van der Waals surface area (Å²) in [6.07, 6.45) is 8.40. The van der Waals surface area contributed by atoms with Gasteiger partial charge in [-0.05, 0) is 56.3 Å². The van der Waals surface area contributed by atoms with E-state index in [1.54, 1.807) is 0 Å². The predicted octanol–water partition coefficient (Wildman–Crippen LogP) is 3.16. The van der Waals surface area contributed by atoms with E-state index in [1.807, 2.05) is 0 Å². The van der Waals surface area contributed by atoms with E-state index in [-0.39, 0.29) is 11.2 Å². The summed E-state index contributed by atoms with van der Waals surface area (Å²) in [6, 6.07) is 0. The first-order chi connectivity index (χ1) is 6.72. The standard InChI is InChI=1S/C12H18O2/c13-7-11(14)12-4-8-1-9(5-12)3-10(2-8)6-12/h7-10,13-14H,1-6H2. The summed E-state index contributed by atoms with van der Waals surface area (Å²) in [7, 11) is 0. The monoisotopic (exact) mass is 194 g/mol. The summed E-state index contributed by atoms with van der Waals surface area (Å²) in [5.74, 6) is 2.73. The van der Waals surface area contributed by atoms with Crippen LogP contribution in [0, 0.1) is 23.2 Å². The van der Waals surface area contributed by atoms with E-state index in [4.69, 9.17) is 5.11 Å². The Morgan fingerprint density at radius 3 is 1.79 bits per heavy atom. The normalized spacial score (nSPS) is 51.1. The highest BCUT2D eigenvalue weighted by Crippen LogP contribution is 2.62. The molecule has 0 aromatic carbocycles. The molecule has 0 atom stereocenters. The molecule has 4 saturated carbocycles. The fourth-order valence-electron chi connectivity index (χ4n) is 4.56. The Labute approximate surface area is 84.6 Å². The van der Waals surface area contributed by atoms with Crippen LogP contribution in [0.5, 0.6) is 0 Å². The molecule has 4 aliphatic rings. The topological polar surface area (TPSA) is 40.5 Å². The Balaban J connectivity index is 1.94. The van der Waals surface area contributed by atoms with Gasteiger partial charge in [0.25, 0.3) is 0 Å². The van der Waals surface area contributed by atoms with Crippen LogP contribution >= 0.6 is 0 Å². The SMILES string of the molecule is OC=C(O)C12CC3CC(CC(C3)C1)C2. The Bertz CT molecular complexity index is 245. The summed E-state index contributed by atoms with van der Waals surface area (Å²) in [4.78, 5) is 0. The average molecular weight is 194 g/mol. The fourth-order valence-corrected chi connectivity index (χ4v) is 4.56. The summed E-state index contributed by atoms with van der Waals surface area (Å²) < 4.78 is 0. The molecule has 0 unspecified atom stereocenters. The molecule has 2 N–H and O–H groups in total. The second-order valence-electron chi connectivity index (χ2n) is 5.71. The number of allylic oxidation sites excluding steroid dienone is 1. The molecule has 14 heavy (non-hydrogen) atoms. The van der Waals surface area contributed by atoms with Crippen LogP contribution in [0.1, 0.15) is 38.5 Å². The molecule has 0 radical (unpaired) electrons. The Kier molecular flexibility index (Phi) is 1.65. The lowest BCUT2D eigenvalue weighted by atomic mass is 9.49. The molecule has 0 saturated heterocycles. The van der Waals surface area contributed by atoms with Crippen LogP contribution in [0.2, 0.25) is 0 Å². The third-order valence-electron chi connectivity index (χ3n) is 4.70. The average Bonchev–Trinajstić information content (AvgIpc) is 2.14. The van der Waals surface area contributed by atoms with Gasteiger partial charge < -0.3 is 10.2 Å². The maximum Gasteiger partial charge on any atom is 0.132 e. The van der Waals surface area contributed by atoms with Crippen molar-refractivity contribution in [3.63, 3.8) is 0 Å². The second kappa shape index (κ2) is 2.68. The van der Waals surface area contributed by atoms with Crippen LogP contribution in [-0.2, 0) is 0 Å². The highest BCUT2D eigenvalue weighted by molar-refractivity contribution is 5.13. The Morgan fingerprint density at radius 2 is 1.43 bits per heavy atom. The van der Waals surface area contributed by atoms with E-state index in [2.05, 4.69) is 0 Å². The molecule has 0 spiro atoms. The van der Waals surface area contributed by atoms with Crippen molar-refractivity contribution in [1.29, 1.82) is 0 Å². The molecular weight excluding hydrogens is 176 g/mol. The molecule has 4 bridgehead atoms. The molecule has 2 heteroatoms. The smallest absolute Gasteiger partial charge is 0.132 e. The van der Waals surface area contributed by atoms with Gasteiger partial charge in [0.1, 0.15) is 12.0 Å². The number of rotatable bonds is 1. The molecule has 0 heterocycles. The highest BCUT2D eigenvalue weighted by Gasteiger charge is 2.53. The Hall–Kier alpha value is -0.660. The lowest BCUT2D eigenvalue weighted by Crippen LogP contribution is -2.46. The molecule has 2 nitrogen and oxygen atoms in total. The summed E-state index contributed by atoms with van der Waals surface area (Å²) in [5, 5.41) is 18.8. The van der Waals surface area contributed by atoms with Crippen LogP contribution in [0.4, 0.5) is 0 Å². The molecule has 4 aliphatic carbocycles. The van der Waals surface area contributed by atoms with Crippen molar-refractivity contribution in [2.75, 3.05) is 0 Å². The maximum atomic E-state index is 9.83. The van der Waals surface area contributed by atoms with Gasteiger partial charge in [0.05, 0.1) is 0 Å². The summed E-state index contributed by atoms with van der Waals surface area (Å²) in [6.45, 7) is 0. The number of hydrogen-bond donors (Lipinski definition) is 2. The quantitative estimate of drug-likeness (QED) is 0.629. The second-order valence-corrected chi connectivity index (χ2v) is 5.71. The van der Waals surface area contributed by atoms with Crippen molar-refractivity contribution >= 4 is 0 Å². The van der Waals surface area contributed by atoms with Gasteiger partial charge in [-0.15, -0.1) is 0 Å². The molecule has 4 rings (SSSR count). The zero-order valence-corrected chi connectivity index (χ0v) is 8.45. The van der Waals surface area contributed by atoms with Crippen molar-refractivity contribution in [2.24, 2.45) is 23.2 Å². The van der Waals surface area contributed by atoms with E-state index in [0.29, 0.717) is 0 Å². The van der Waals surface area contributed by atoms with Gasteiger partial charge in [-0.2, -0.15) is 0 Å². The minimum Gasteiger partial charge on any atom is -0.512 e. The number of hydrogen-bond acceptors (Lipinski definition) is 2. The number of aliphatic hydroxyl groups excluding tert-OH is 2. The van der Waals surface area contributed by atoms with E-state index in [1.165, 1.54) is 19.3 Å². The van der Waals surface area contributed by atoms with Crippen molar-refractivity contribution in [2.45, 2.75) is 38.5 Å². The zero-order valence-electron chi connectivity index (χ0n) is 8.45. The van der Waals surface area contributed by atoms with Crippen molar-refractivity contribution < 1.29 is 10.2 Å². The third kappa shape index (κ3) is 1.03. The summed E-state index contributed by atoms with van der Waals surface area (Å²) in [5.41, 5.74) is -0.0243. The van der Waals surface area contributed by atoms with Gasteiger partial charge in [0, 0.05) is 5.41 Å². The van der Waals surface area contributed by atoms with Crippen LogP contribution < -0.4 is 0 Å². The molecule has 0 aromatic rings. The van der Waals surface area contributed by atoms with Gasteiger partial charge in [-0.25, -0.2) is 0 Å². The van der Waals surface area contributed by atoms with Crippen LogP contribution in [0.25, 0.3) is 0 Å². The lowest BCUT2D eigenvalue weighted by Gasteiger charge is -2.56. The van der Waals surface area contributed by atoms with E-state index >= 15 is 0 Å². The van der Waals surface area contributed by atoms with Gasteiger partial charge >= 0.3 is 0 Å². The van der Waals surface area contributed by atoms with Gasteiger partial charge in [0.2, 0.25) is 0 Å². The van der Waals surface area contributed by atoms with Crippen molar-refractivity contribution in [1.82, 2.24) is 0 Å². The molecule has 0 aromatic heterocycles. The fraction of sp³-hybridized carbons (Fsp3) is 0.833. The first-order valence-electron chi connectivity index (χ1n) is 5.76. The van der Waals surface area contributed by atoms with Crippen molar-refractivity contribution in [3.8, 4) is 0 Å². The highest BCUT2D eigenvalue weighted by atomic mass is 16.3. The molecule has 0 amide bonds. The van der Waals surface area contributed by atoms with Crippen LogP contribution in [-0.4, -0.2) is 10.2 Å². The largest absolute Gasteiger partial charge is 0.512 e. The minimum absolute atomic E-state index is 0.0243. The van der Waals surface area contributed by atoms with E-state index < -0.39 is 0 Å². The van der Waals surface area contributed by atoms with Crippen molar-refractivity contribution in [3.05, 3.63) is 12.0 Å². The first-order valence-corrected chi connectivity index (χ1v) is 5.76. The molecule has 0 aliphatic heterocycles. The number of aliphatic hydroxyl groups is 2. The van der Waals surface area contributed by atoms with E-state index in [9.17, 15) is 5.11 Å².